The number of nitrogens with zero attached hydrogens (tertiary/aromatic N) is 1. The molecule has 2 aliphatic heterocycles. The maximum Gasteiger partial charge on any atom is 0.243 e. The van der Waals surface area contributed by atoms with Crippen LogP contribution in [0.4, 0.5) is 0 Å². The van der Waals surface area contributed by atoms with Gasteiger partial charge in [0, 0.05) is 12.6 Å². The number of fused-ring (bicyclic) bond motifs is 3. The van der Waals surface area contributed by atoms with E-state index in [1.807, 2.05) is 37.3 Å². The first-order valence-electron chi connectivity index (χ1n) is 7.24. The topological polar surface area (TPSA) is 37.4 Å². The van der Waals surface area contributed by atoms with E-state index in [4.69, 9.17) is 0 Å². The van der Waals surface area contributed by atoms with E-state index in [9.17, 15) is 8.42 Å². The molecule has 1 unspecified atom stereocenters. The minimum atomic E-state index is -3.37. The molecule has 2 aromatic carbocycles. The van der Waals surface area contributed by atoms with E-state index < -0.39 is 10.0 Å². The predicted molar refractivity (Wildman–Crippen MR) is 81.5 cm³/mol. The molecule has 1 atom stereocenters. The lowest BCUT2D eigenvalue weighted by Crippen LogP contribution is -2.48. The maximum atomic E-state index is 12.9. The van der Waals surface area contributed by atoms with Crippen LogP contribution in [0.5, 0.6) is 0 Å². The Kier molecular flexibility index (Phi) is 2.75. The van der Waals surface area contributed by atoms with Crippen molar-refractivity contribution in [3.8, 4) is 0 Å². The van der Waals surface area contributed by atoms with E-state index in [1.54, 1.807) is 10.4 Å². The number of benzene rings is 2. The molecular weight excluding hydrogens is 282 g/mol. The Hall–Kier alpha value is -1.65. The Balaban J connectivity index is 1.85. The van der Waals surface area contributed by atoms with Crippen LogP contribution in [0.1, 0.15) is 22.3 Å². The van der Waals surface area contributed by atoms with Crippen LogP contribution >= 0.6 is 0 Å². The van der Waals surface area contributed by atoms with Gasteiger partial charge in [-0.25, -0.2) is 8.42 Å². The van der Waals surface area contributed by atoms with Crippen LogP contribution in [0.2, 0.25) is 0 Å². The normalized spacial score (nSPS) is 23.0. The zero-order valence-corrected chi connectivity index (χ0v) is 12.7. The summed E-state index contributed by atoms with van der Waals surface area (Å²) in [4.78, 5) is 0.490. The summed E-state index contributed by atoms with van der Waals surface area (Å²) in [6, 6.07) is 13.9. The average Bonchev–Trinajstić information content (AvgIpc) is 2.45. The highest BCUT2D eigenvalue weighted by atomic mass is 32.2. The molecule has 2 aromatic rings. The highest BCUT2D eigenvalue weighted by Gasteiger charge is 2.40. The summed E-state index contributed by atoms with van der Waals surface area (Å²) in [5.41, 5.74) is 4.50. The van der Waals surface area contributed by atoms with Gasteiger partial charge < -0.3 is 0 Å². The molecule has 0 N–H and O–H groups in total. The Morgan fingerprint density at radius 2 is 1.71 bits per heavy atom. The van der Waals surface area contributed by atoms with Gasteiger partial charge in [-0.05, 0) is 42.5 Å². The van der Waals surface area contributed by atoms with Crippen LogP contribution in [0.3, 0.4) is 0 Å². The van der Waals surface area contributed by atoms with E-state index in [0.29, 0.717) is 11.4 Å². The minimum Gasteiger partial charge on any atom is -0.207 e. The maximum absolute atomic E-state index is 12.9. The minimum absolute atomic E-state index is 0.0548. The van der Waals surface area contributed by atoms with E-state index in [0.717, 1.165) is 29.5 Å². The van der Waals surface area contributed by atoms with Crippen molar-refractivity contribution in [3.63, 3.8) is 0 Å². The summed E-state index contributed by atoms with van der Waals surface area (Å²) in [5, 5.41) is 0. The lowest BCUT2D eigenvalue weighted by molar-refractivity contribution is 0.279. The molecule has 0 saturated heterocycles. The van der Waals surface area contributed by atoms with E-state index >= 15 is 0 Å². The highest BCUT2D eigenvalue weighted by Crippen LogP contribution is 2.36. The molecule has 0 bridgehead atoms. The van der Waals surface area contributed by atoms with Gasteiger partial charge in [0.25, 0.3) is 0 Å². The summed E-state index contributed by atoms with van der Waals surface area (Å²) in [6.07, 6.45) is 1.62. The van der Waals surface area contributed by atoms with Gasteiger partial charge in [0.15, 0.2) is 0 Å². The van der Waals surface area contributed by atoms with Gasteiger partial charge in [0.05, 0.1) is 4.90 Å². The second kappa shape index (κ2) is 4.42. The van der Waals surface area contributed by atoms with Crippen molar-refractivity contribution in [1.29, 1.82) is 0 Å². The lowest BCUT2D eigenvalue weighted by Gasteiger charge is -2.40. The standard InChI is InChI=1S/C17H17NO2S/c1-12-6-7-17-15(8-12)10-16-9-13-4-2-3-5-14(13)11-18(16)21(17,19)20/h2-8,16H,9-11H2,1H3. The summed E-state index contributed by atoms with van der Waals surface area (Å²) < 4.78 is 27.5. The molecule has 4 heteroatoms. The number of hydrogen-bond acceptors (Lipinski definition) is 2. The zero-order valence-electron chi connectivity index (χ0n) is 11.9. The van der Waals surface area contributed by atoms with E-state index in [2.05, 4.69) is 6.07 Å². The van der Waals surface area contributed by atoms with Crippen molar-refractivity contribution < 1.29 is 8.42 Å². The fourth-order valence-electron chi connectivity index (χ4n) is 3.52. The molecule has 0 radical (unpaired) electrons. The van der Waals surface area contributed by atoms with Crippen molar-refractivity contribution in [2.45, 2.75) is 37.2 Å². The molecule has 108 valence electrons. The summed E-state index contributed by atoms with van der Waals surface area (Å²) in [5.74, 6) is 0. The number of sulfonamides is 1. The second-order valence-electron chi connectivity index (χ2n) is 5.99. The van der Waals surface area contributed by atoms with E-state index in [1.165, 1.54) is 5.56 Å². The highest BCUT2D eigenvalue weighted by molar-refractivity contribution is 7.89. The molecule has 0 spiro atoms. The summed E-state index contributed by atoms with van der Waals surface area (Å²) >= 11 is 0. The molecule has 0 amide bonds. The Labute approximate surface area is 125 Å². The average molecular weight is 299 g/mol. The van der Waals surface area contributed by atoms with E-state index in [-0.39, 0.29) is 6.04 Å². The molecule has 21 heavy (non-hydrogen) atoms. The number of aryl methyl sites for hydroxylation is 1. The lowest BCUT2D eigenvalue weighted by atomic mass is 9.91. The van der Waals surface area contributed by atoms with Crippen LogP contribution in [0.25, 0.3) is 0 Å². The second-order valence-corrected chi connectivity index (χ2v) is 7.85. The van der Waals surface area contributed by atoms with Crippen molar-refractivity contribution in [2.75, 3.05) is 0 Å². The molecule has 0 saturated carbocycles. The fraction of sp³-hybridized carbons (Fsp3) is 0.294. The number of hydrogen-bond donors (Lipinski definition) is 0. The van der Waals surface area contributed by atoms with Gasteiger partial charge in [0.1, 0.15) is 0 Å². The molecule has 0 aliphatic carbocycles. The van der Waals surface area contributed by atoms with Gasteiger partial charge in [-0.3, -0.25) is 0 Å². The van der Waals surface area contributed by atoms with Gasteiger partial charge in [0.2, 0.25) is 10.0 Å². The SMILES string of the molecule is Cc1ccc2c(c1)CC1Cc3ccccc3CN1S2(=O)=O. The first kappa shape index (κ1) is 13.0. The molecular formula is C17H17NO2S. The van der Waals surface area contributed by atoms with Crippen LogP contribution in [-0.4, -0.2) is 18.8 Å². The molecule has 2 heterocycles. The smallest absolute Gasteiger partial charge is 0.207 e. The zero-order chi connectivity index (χ0) is 14.6. The van der Waals surface area contributed by atoms with Crippen LogP contribution in [0, 0.1) is 6.92 Å². The van der Waals surface area contributed by atoms with Gasteiger partial charge in [-0.1, -0.05) is 42.0 Å². The third kappa shape index (κ3) is 1.93. The van der Waals surface area contributed by atoms with Crippen molar-refractivity contribution in [2.24, 2.45) is 0 Å². The molecule has 2 aliphatic rings. The predicted octanol–water partition coefficient (Wildman–Crippen LogP) is 2.67. The van der Waals surface area contributed by atoms with Gasteiger partial charge in [-0.2, -0.15) is 4.31 Å². The van der Waals surface area contributed by atoms with Crippen molar-refractivity contribution >= 4 is 10.0 Å². The largest absolute Gasteiger partial charge is 0.243 e. The molecule has 0 aromatic heterocycles. The molecule has 3 nitrogen and oxygen atoms in total. The summed E-state index contributed by atoms with van der Waals surface area (Å²) in [6.45, 7) is 2.51. The molecule has 4 rings (SSSR count). The monoisotopic (exact) mass is 299 g/mol. The van der Waals surface area contributed by atoms with Crippen LogP contribution < -0.4 is 0 Å². The van der Waals surface area contributed by atoms with Gasteiger partial charge >= 0.3 is 0 Å². The van der Waals surface area contributed by atoms with Gasteiger partial charge in [-0.15, -0.1) is 0 Å². The number of rotatable bonds is 0. The summed E-state index contributed by atoms with van der Waals surface area (Å²) in [7, 11) is -3.37. The quantitative estimate of drug-likeness (QED) is 0.750. The first-order chi connectivity index (χ1) is 10.1. The Morgan fingerprint density at radius 1 is 1.00 bits per heavy atom. The fourth-order valence-corrected chi connectivity index (χ4v) is 5.34. The van der Waals surface area contributed by atoms with Crippen molar-refractivity contribution in [1.82, 2.24) is 4.31 Å². The first-order valence-corrected chi connectivity index (χ1v) is 8.68. The van der Waals surface area contributed by atoms with Crippen molar-refractivity contribution in [3.05, 3.63) is 64.7 Å². The Morgan fingerprint density at radius 3 is 2.52 bits per heavy atom. The third-order valence-electron chi connectivity index (χ3n) is 4.57. The Bertz CT molecular complexity index is 826. The van der Waals surface area contributed by atoms with Crippen LogP contribution in [0.15, 0.2) is 47.4 Å². The third-order valence-corrected chi connectivity index (χ3v) is 6.56. The molecule has 0 fully saturated rings. The van der Waals surface area contributed by atoms with Crippen LogP contribution in [-0.2, 0) is 29.4 Å².